The number of methoxy groups -OCH3 is 1. The Kier molecular flexibility index (Phi) is 5.91. The Morgan fingerprint density at radius 1 is 1.18 bits per heavy atom. The lowest BCUT2D eigenvalue weighted by atomic mass is 10.1. The highest BCUT2D eigenvalue weighted by molar-refractivity contribution is 7.99. The van der Waals surface area contributed by atoms with E-state index in [4.69, 9.17) is 4.74 Å². The highest BCUT2D eigenvalue weighted by atomic mass is 32.2. The molecule has 0 unspecified atom stereocenters. The second-order valence-electron chi connectivity index (χ2n) is 4.46. The van der Waals surface area contributed by atoms with Gasteiger partial charge in [-0.1, -0.05) is 36.0 Å². The molecule has 3 nitrogen and oxygen atoms in total. The van der Waals surface area contributed by atoms with Gasteiger partial charge in [0.15, 0.2) is 0 Å². The molecule has 0 heterocycles. The van der Waals surface area contributed by atoms with Crippen molar-refractivity contribution in [2.75, 3.05) is 12.4 Å². The number of thioether (sulfide) groups is 1. The number of benzene rings is 2. The van der Waals surface area contributed by atoms with E-state index in [0.29, 0.717) is 34.5 Å². The lowest BCUT2D eigenvalue weighted by Crippen LogP contribution is -2.12. The van der Waals surface area contributed by atoms with E-state index in [2.05, 4.69) is 5.32 Å². The molecule has 1 N–H and O–H groups in total. The second kappa shape index (κ2) is 7.91. The van der Waals surface area contributed by atoms with Gasteiger partial charge in [-0.25, -0.2) is 0 Å². The normalized spacial score (nSPS) is 10.7. The zero-order valence-electron chi connectivity index (χ0n) is 11.9. The molecular formula is C16H15F2NO2S. The van der Waals surface area contributed by atoms with E-state index in [0.717, 1.165) is 5.56 Å². The summed E-state index contributed by atoms with van der Waals surface area (Å²) in [4.78, 5) is 12.5. The molecule has 2 aromatic rings. The van der Waals surface area contributed by atoms with Gasteiger partial charge in [-0.05, 0) is 29.8 Å². The number of hydrogen-bond acceptors (Lipinski definition) is 3. The van der Waals surface area contributed by atoms with Gasteiger partial charge in [0.2, 0.25) is 0 Å². The monoisotopic (exact) mass is 323 g/mol. The van der Waals surface area contributed by atoms with Crippen molar-refractivity contribution in [3.8, 4) is 0 Å². The summed E-state index contributed by atoms with van der Waals surface area (Å²) < 4.78 is 30.0. The van der Waals surface area contributed by atoms with Crippen LogP contribution in [0.2, 0.25) is 0 Å². The Bertz CT molecular complexity index is 632. The number of carbonyl (C=O) groups excluding carboxylic acids is 1. The first-order valence-electron chi connectivity index (χ1n) is 6.53. The number of nitrogens with one attached hydrogen (secondary N) is 1. The summed E-state index contributed by atoms with van der Waals surface area (Å²) in [6.45, 7) is 0.468. The van der Waals surface area contributed by atoms with Crippen LogP contribution in [0.1, 0.15) is 15.9 Å². The number of para-hydroxylation sites is 1. The van der Waals surface area contributed by atoms with Crippen LogP contribution in [-0.2, 0) is 11.3 Å². The van der Waals surface area contributed by atoms with Crippen LogP contribution >= 0.6 is 11.8 Å². The molecule has 2 rings (SSSR count). The quantitative estimate of drug-likeness (QED) is 0.801. The van der Waals surface area contributed by atoms with E-state index in [1.165, 1.54) is 0 Å². The number of carbonyl (C=O) groups is 1. The molecule has 0 aliphatic rings. The minimum atomic E-state index is -2.54. The zero-order valence-corrected chi connectivity index (χ0v) is 12.7. The molecule has 2 aromatic carbocycles. The molecule has 0 aromatic heterocycles. The fourth-order valence-corrected chi connectivity index (χ4v) is 2.48. The average Bonchev–Trinajstić information content (AvgIpc) is 2.50. The third-order valence-corrected chi connectivity index (χ3v) is 3.67. The number of alkyl halides is 2. The topological polar surface area (TPSA) is 38.3 Å². The standard InChI is InChI=1S/C16H15F2NO2S/c1-21-10-11-6-8-12(9-7-11)15(20)19-13-4-2-3-5-14(13)22-16(17)18/h2-9,16H,10H2,1H3,(H,19,20). The van der Waals surface area contributed by atoms with Crippen LogP contribution < -0.4 is 5.32 Å². The van der Waals surface area contributed by atoms with Crippen LogP contribution in [0.3, 0.4) is 0 Å². The summed E-state index contributed by atoms with van der Waals surface area (Å²) >= 11 is 0.407. The highest BCUT2D eigenvalue weighted by Gasteiger charge is 2.12. The van der Waals surface area contributed by atoms with Crippen molar-refractivity contribution in [2.24, 2.45) is 0 Å². The molecule has 0 aliphatic heterocycles. The Morgan fingerprint density at radius 2 is 1.86 bits per heavy atom. The van der Waals surface area contributed by atoms with Gasteiger partial charge >= 0.3 is 0 Å². The van der Waals surface area contributed by atoms with E-state index in [9.17, 15) is 13.6 Å². The third kappa shape index (κ3) is 4.54. The predicted octanol–water partition coefficient (Wildman–Crippen LogP) is 4.40. The lowest BCUT2D eigenvalue weighted by Gasteiger charge is -2.10. The molecule has 0 bridgehead atoms. The SMILES string of the molecule is COCc1ccc(C(=O)Nc2ccccc2SC(F)F)cc1. The van der Waals surface area contributed by atoms with Crippen LogP contribution in [0, 0.1) is 0 Å². The molecule has 1 amide bonds. The van der Waals surface area contributed by atoms with Gasteiger partial charge in [-0.15, -0.1) is 0 Å². The van der Waals surface area contributed by atoms with Crippen LogP contribution in [0.15, 0.2) is 53.4 Å². The molecular weight excluding hydrogens is 308 g/mol. The van der Waals surface area contributed by atoms with E-state index in [1.54, 1.807) is 55.6 Å². The van der Waals surface area contributed by atoms with Crippen molar-refractivity contribution < 1.29 is 18.3 Å². The lowest BCUT2D eigenvalue weighted by molar-refractivity contribution is 0.102. The van der Waals surface area contributed by atoms with Crippen LogP contribution in [0.25, 0.3) is 0 Å². The maximum Gasteiger partial charge on any atom is 0.288 e. The van der Waals surface area contributed by atoms with Gasteiger partial charge in [-0.2, -0.15) is 8.78 Å². The van der Waals surface area contributed by atoms with Gasteiger partial charge in [0.25, 0.3) is 11.7 Å². The molecule has 6 heteroatoms. The maximum absolute atomic E-state index is 12.5. The first-order chi connectivity index (χ1) is 10.6. The van der Waals surface area contributed by atoms with Gasteiger partial charge < -0.3 is 10.1 Å². The summed E-state index contributed by atoms with van der Waals surface area (Å²) in [5, 5.41) is 2.66. The molecule has 0 saturated carbocycles. The van der Waals surface area contributed by atoms with Crippen molar-refractivity contribution in [2.45, 2.75) is 17.3 Å². The fraction of sp³-hybridized carbons (Fsp3) is 0.188. The predicted molar refractivity (Wildman–Crippen MR) is 83.4 cm³/mol. The smallest absolute Gasteiger partial charge is 0.288 e. The molecule has 0 radical (unpaired) electrons. The fourth-order valence-electron chi connectivity index (χ4n) is 1.88. The summed E-state index contributed by atoms with van der Waals surface area (Å²) in [7, 11) is 1.60. The summed E-state index contributed by atoms with van der Waals surface area (Å²) in [5.41, 5.74) is 1.78. The number of ether oxygens (including phenoxy) is 1. The Labute approximate surface area is 131 Å². The van der Waals surface area contributed by atoms with Crippen molar-refractivity contribution in [1.82, 2.24) is 0 Å². The van der Waals surface area contributed by atoms with Gasteiger partial charge in [0.05, 0.1) is 12.3 Å². The van der Waals surface area contributed by atoms with E-state index >= 15 is 0 Å². The van der Waals surface area contributed by atoms with E-state index in [-0.39, 0.29) is 5.91 Å². The Morgan fingerprint density at radius 3 is 2.50 bits per heavy atom. The first-order valence-corrected chi connectivity index (χ1v) is 7.41. The van der Waals surface area contributed by atoms with E-state index in [1.807, 2.05) is 0 Å². The average molecular weight is 323 g/mol. The van der Waals surface area contributed by atoms with Crippen molar-refractivity contribution in [3.63, 3.8) is 0 Å². The second-order valence-corrected chi connectivity index (χ2v) is 5.49. The summed E-state index contributed by atoms with van der Waals surface area (Å²) in [6, 6.07) is 13.4. The molecule has 0 atom stereocenters. The minimum absolute atomic E-state index is 0.335. The van der Waals surface area contributed by atoms with Gasteiger partial charge in [0.1, 0.15) is 0 Å². The largest absolute Gasteiger partial charge is 0.380 e. The number of hydrogen-bond donors (Lipinski definition) is 1. The van der Waals surface area contributed by atoms with Gasteiger partial charge in [-0.3, -0.25) is 4.79 Å². The summed E-state index contributed by atoms with van der Waals surface area (Å²) in [5.74, 6) is -2.88. The number of amides is 1. The van der Waals surface area contributed by atoms with Crippen LogP contribution in [-0.4, -0.2) is 18.8 Å². The molecule has 0 fully saturated rings. The van der Waals surface area contributed by atoms with Crippen LogP contribution in [0.4, 0.5) is 14.5 Å². The minimum Gasteiger partial charge on any atom is -0.380 e. The van der Waals surface area contributed by atoms with Crippen molar-refractivity contribution >= 4 is 23.4 Å². The van der Waals surface area contributed by atoms with Crippen molar-refractivity contribution in [3.05, 3.63) is 59.7 Å². The molecule has 0 saturated heterocycles. The van der Waals surface area contributed by atoms with E-state index < -0.39 is 5.76 Å². The molecule has 0 spiro atoms. The Balaban J connectivity index is 2.11. The van der Waals surface area contributed by atoms with Crippen LogP contribution in [0.5, 0.6) is 0 Å². The Hall–Kier alpha value is -1.92. The van der Waals surface area contributed by atoms with Gasteiger partial charge in [0, 0.05) is 17.6 Å². The van der Waals surface area contributed by atoms with Crippen molar-refractivity contribution in [1.29, 1.82) is 0 Å². The number of rotatable bonds is 6. The highest BCUT2D eigenvalue weighted by Crippen LogP contribution is 2.31. The molecule has 0 aliphatic carbocycles. The number of anilines is 1. The summed E-state index contributed by atoms with van der Waals surface area (Å²) in [6.07, 6.45) is 0. The third-order valence-electron chi connectivity index (χ3n) is 2.88. The molecule has 116 valence electrons. The maximum atomic E-state index is 12.5. The first kappa shape index (κ1) is 16.5. The number of halogens is 2. The zero-order chi connectivity index (χ0) is 15.9. The molecule has 22 heavy (non-hydrogen) atoms.